The maximum atomic E-state index is 13.1. The third kappa shape index (κ3) is 2.54. The van der Waals surface area contributed by atoms with Crippen LogP contribution in [0.1, 0.15) is 12.5 Å². The van der Waals surface area contributed by atoms with Crippen LogP contribution in [0.2, 0.25) is 0 Å². The van der Waals surface area contributed by atoms with E-state index in [2.05, 4.69) is 0 Å². The molecule has 1 aromatic rings. The van der Waals surface area contributed by atoms with E-state index in [1.54, 1.807) is 6.07 Å². The lowest BCUT2D eigenvalue weighted by atomic mass is 10.1. The monoisotopic (exact) mass is 182 g/mol. The molecular formula is C10H11FO2. The van der Waals surface area contributed by atoms with Gasteiger partial charge in [0, 0.05) is 6.42 Å². The first-order valence-corrected chi connectivity index (χ1v) is 3.95. The molecule has 3 heteroatoms. The molecule has 0 aliphatic heterocycles. The van der Waals surface area contributed by atoms with E-state index in [-0.39, 0.29) is 18.0 Å². The van der Waals surface area contributed by atoms with E-state index in [1.807, 2.05) is 0 Å². The zero-order valence-corrected chi connectivity index (χ0v) is 7.63. The van der Waals surface area contributed by atoms with Crippen molar-refractivity contribution in [3.63, 3.8) is 0 Å². The SMILES string of the molecule is COc1ccc(CC(C)=O)cc1F. The highest BCUT2D eigenvalue weighted by molar-refractivity contribution is 5.78. The summed E-state index contributed by atoms with van der Waals surface area (Å²) in [6.07, 6.45) is 0.265. The molecule has 0 bridgehead atoms. The Morgan fingerprint density at radius 3 is 2.69 bits per heavy atom. The van der Waals surface area contributed by atoms with Crippen molar-refractivity contribution in [2.24, 2.45) is 0 Å². The average Bonchev–Trinajstić information content (AvgIpc) is 2.03. The fourth-order valence-corrected chi connectivity index (χ4v) is 1.11. The van der Waals surface area contributed by atoms with Crippen LogP contribution in [-0.4, -0.2) is 12.9 Å². The minimum Gasteiger partial charge on any atom is -0.494 e. The zero-order chi connectivity index (χ0) is 9.84. The van der Waals surface area contributed by atoms with Crippen LogP contribution in [0.15, 0.2) is 18.2 Å². The third-order valence-electron chi connectivity index (χ3n) is 1.67. The molecule has 0 aromatic heterocycles. The molecule has 0 N–H and O–H groups in total. The fraction of sp³-hybridized carbons (Fsp3) is 0.300. The summed E-state index contributed by atoms with van der Waals surface area (Å²) in [4.78, 5) is 10.7. The van der Waals surface area contributed by atoms with Gasteiger partial charge >= 0.3 is 0 Å². The average molecular weight is 182 g/mol. The molecule has 0 unspecified atom stereocenters. The fourth-order valence-electron chi connectivity index (χ4n) is 1.11. The highest BCUT2D eigenvalue weighted by Crippen LogP contribution is 2.17. The van der Waals surface area contributed by atoms with Gasteiger partial charge in [0.1, 0.15) is 5.78 Å². The number of ether oxygens (including phenoxy) is 1. The second-order valence-corrected chi connectivity index (χ2v) is 2.85. The largest absolute Gasteiger partial charge is 0.494 e. The molecule has 1 aromatic carbocycles. The van der Waals surface area contributed by atoms with Crippen molar-refractivity contribution in [3.8, 4) is 5.75 Å². The van der Waals surface area contributed by atoms with Gasteiger partial charge in [-0.25, -0.2) is 4.39 Å². The number of carbonyl (C=O) groups is 1. The van der Waals surface area contributed by atoms with Crippen molar-refractivity contribution in [3.05, 3.63) is 29.6 Å². The molecule has 0 spiro atoms. The van der Waals surface area contributed by atoms with Crippen molar-refractivity contribution < 1.29 is 13.9 Å². The standard InChI is InChI=1S/C10H11FO2/c1-7(12)5-8-3-4-10(13-2)9(11)6-8/h3-4,6H,5H2,1-2H3. The van der Waals surface area contributed by atoms with Crippen LogP contribution in [-0.2, 0) is 11.2 Å². The van der Waals surface area contributed by atoms with E-state index < -0.39 is 5.82 Å². The first-order valence-electron chi connectivity index (χ1n) is 3.95. The van der Waals surface area contributed by atoms with Gasteiger partial charge in [0.15, 0.2) is 11.6 Å². The molecule has 0 amide bonds. The Bertz CT molecular complexity index is 321. The van der Waals surface area contributed by atoms with Crippen LogP contribution in [0, 0.1) is 5.82 Å². The van der Waals surface area contributed by atoms with E-state index in [4.69, 9.17) is 4.74 Å². The highest BCUT2D eigenvalue weighted by atomic mass is 19.1. The second-order valence-electron chi connectivity index (χ2n) is 2.85. The summed E-state index contributed by atoms with van der Waals surface area (Å²) in [5.41, 5.74) is 0.672. The number of Topliss-reactive ketones (excluding diaryl/α,β-unsaturated/α-hetero) is 1. The summed E-state index contributed by atoms with van der Waals surface area (Å²) in [5, 5.41) is 0. The molecule has 70 valence electrons. The number of hydrogen-bond donors (Lipinski definition) is 0. The molecule has 13 heavy (non-hydrogen) atoms. The van der Waals surface area contributed by atoms with Crippen LogP contribution < -0.4 is 4.74 Å². The molecule has 2 nitrogen and oxygen atoms in total. The van der Waals surface area contributed by atoms with Crippen LogP contribution in [0.4, 0.5) is 4.39 Å². The summed E-state index contributed by atoms with van der Waals surface area (Å²) in [6, 6.07) is 4.52. The van der Waals surface area contributed by atoms with Gasteiger partial charge in [-0.15, -0.1) is 0 Å². The Morgan fingerprint density at radius 2 is 2.23 bits per heavy atom. The number of ketones is 1. The Morgan fingerprint density at radius 1 is 1.54 bits per heavy atom. The Balaban J connectivity index is 2.89. The maximum absolute atomic E-state index is 13.1. The van der Waals surface area contributed by atoms with E-state index in [0.29, 0.717) is 5.56 Å². The molecule has 0 fully saturated rings. The van der Waals surface area contributed by atoms with Crippen LogP contribution in [0.25, 0.3) is 0 Å². The van der Waals surface area contributed by atoms with Gasteiger partial charge in [0.2, 0.25) is 0 Å². The summed E-state index contributed by atoms with van der Waals surface area (Å²) >= 11 is 0. The van der Waals surface area contributed by atoms with E-state index in [0.717, 1.165) is 0 Å². The number of rotatable bonds is 3. The van der Waals surface area contributed by atoms with Gasteiger partial charge in [0.05, 0.1) is 7.11 Å². The number of hydrogen-bond acceptors (Lipinski definition) is 2. The van der Waals surface area contributed by atoms with Crippen molar-refractivity contribution >= 4 is 5.78 Å². The van der Waals surface area contributed by atoms with Gasteiger partial charge in [-0.3, -0.25) is 4.79 Å². The summed E-state index contributed by atoms with van der Waals surface area (Å²) < 4.78 is 17.8. The van der Waals surface area contributed by atoms with Crippen molar-refractivity contribution in [1.29, 1.82) is 0 Å². The van der Waals surface area contributed by atoms with Gasteiger partial charge < -0.3 is 4.74 Å². The topological polar surface area (TPSA) is 26.3 Å². The first kappa shape index (κ1) is 9.71. The van der Waals surface area contributed by atoms with Gasteiger partial charge in [0.25, 0.3) is 0 Å². The molecule has 0 saturated carbocycles. The second kappa shape index (κ2) is 4.03. The van der Waals surface area contributed by atoms with Gasteiger partial charge in [-0.05, 0) is 24.6 Å². The number of carbonyl (C=O) groups excluding carboxylic acids is 1. The molecule has 0 aliphatic rings. The van der Waals surface area contributed by atoms with E-state index in [1.165, 1.54) is 26.2 Å². The number of halogens is 1. The summed E-state index contributed by atoms with van der Waals surface area (Å²) in [7, 11) is 1.41. The Kier molecular flexibility index (Phi) is 3.01. The smallest absolute Gasteiger partial charge is 0.165 e. The van der Waals surface area contributed by atoms with Crippen molar-refractivity contribution in [1.82, 2.24) is 0 Å². The minimum atomic E-state index is -0.429. The lowest BCUT2D eigenvalue weighted by Gasteiger charge is -2.03. The predicted octanol–water partition coefficient (Wildman–Crippen LogP) is 1.97. The Labute approximate surface area is 76.3 Å². The van der Waals surface area contributed by atoms with Crippen molar-refractivity contribution in [2.45, 2.75) is 13.3 Å². The highest BCUT2D eigenvalue weighted by Gasteiger charge is 2.04. The normalized spacial score (nSPS) is 9.77. The van der Waals surface area contributed by atoms with Crippen LogP contribution >= 0.6 is 0 Å². The zero-order valence-electron chi connectivity index (χ0n) is 7.63. The Hall–Kier alpha value is -1.38. The predicted molar refractivity (Wildman–Crippen MR) is 47.3 cm³/mol. The summed E-state index contributed by atoms with van der Waals surface area (Å²) in [6.45, 7) is 1.47. The van der Waals surface area contributed by atoms with Crippen LogP contribution in [0.3, 0.4) is 0 Å². The van der Waals surface area contributed by atoms with E-state index >= 15 is 0 Å². The quantitative estimate of drug-likeness (QED) is 0.714. The van der Waals surface area contributed by atoms with Gasteiger partial charge in [-0.2, -0.15) is 0 Å². The molecule has 0 saturated heterocycles. The minimum absolute atomic E-state index is 0.0181. The molecule has 0 radical (unpaired) electrons. The maximum Gasteiger partial charge on any atom is 0.165 e. The first-order chi connectivity index (χ1) is 6.13. The van der Waals surface area contributed by atoms with Crippen molar-refractivity contribution in [2.75, 3.05) is 7.11 Å². The molecule has 1 rings (SSSR count). The number of methoxy groups -OCH3 is 1. The van der Waals surface area contributed by atoms with E-state index in [9.17, 15) is 9.18 Å². The molecule has 0 atom stereocenters. The molecular weight excluding hydrogens is 171 g/mol. The molecule has 0 aliphatic carbocycles. The lowest BCUT2D eigenvalue weighted by Crippen LogP contribution is -1.97. The number of benzene rings is 1. The van der Waals surface area contributed by atoms with Gasteiger partial charge in [-0.1, -0.05) is 6.07 Å². The van der Waals surface area contributed by atoms with Crippen LogP contribution in [0.5, 0.6) is 5.75 Å². The summed E-state index contributed by atoms with van der Waals surface area (Å²) in [5.74, 6) is -0.210. The lowest BCUT2D eigenvalue weighted by molar-refractivity contribution is -0.116. The molecule has 0 heterocycles. The third-order valence-corrected chi connectivity index (χ3v) is 1.67.